The Labute approximate surface area is 107 Å². The zero-order chi connectivity index (χ0) is 11.4. The van der Waals surface area contributed by atoms with Gasteiger partial charge in [0.05, 0.1) is 4.34 Å². The molecule has 1 aliphatic heterocycles. The molecule has 1 fully saturated rings. The summed E-state index contributed by atoms with van der Waals surface area (Å²) in [5.74, 6) is 0. The third-order valence-corrected chi connectivity index (χ3v) is 4.38. The van der Waals surface area contributed by atoms with Crippen molar-refractivity contribution in [1.29, 1.82) is 0 Å². The van der Waals surface area contributed by atoms with Gasteiger partial charge in [0, 0.05) is 24.0 Å². The molecule has 1 aromatic rings. The standard InChI is InChI=1S/C12H19ClN2S/c1-2-15-7-3-4-10(9-15)14-8-11-5-6-12(13)16-11/h5-6,10,14H,2-4,7-9H2,1H3. The molecule has 16 heavy (non-hydrogen) atoms. The monoisotopic (exact) mass is 258 g/mol. The fourth-order valence-electron chi connectivity index (χ4n) is 2.20. The summed E-state index contributed by atoms with van der Waals surface area (Å²) in [5.41, 5.74) is 0. The predicted molar refractivity (Wildman–Crippen MR) is 71.3 cm³/mol. The van der Waals surface area contributed by atoms with E-state index in [1.54, 1.807) is 11.3 Å². The van der Waals surface area contributed by atoms with Gasteiger partial charge in [-0.2, -0.15) is 0 Å². The van der Waals surface area contributed by atoms with Crippen LogP contribution in [0.25, 0.3) is 0 Å². The van der Waals surface area contributed by atoms with E-state index >= 15 is 0 Å². The fraction of sp³-hybridized carbons (Fsp3) is 0.667. The second-order valence-corrected chi connectivity index (χ2v) is 6.12. The minimum atomic E-state index is 0.648. The summed E-state index contributed by atoms with van der Waals surface area (Å²) in [6, 6.07) is 4.73. The summed E-state index contributed by atoms with van der Waals surface area (Å²) < 4.78 is 0.885. The molecular formula is C12H19ClN2S. The molecule has 2 heterocycles. The van der Waals surface area contributed by atoms with Crippen LogP contribution in [-0.2, 0) is 6.54 Å². The van der Waals surface area contributed by atoms with Gasteiger partial charge in [0.1, 0.15) is 0 Å². The van der Waals surface area contributed by atoms with Crippen LogP contribution in [0.5, 0.6) is 0 Å². The molecular weight excluding hydrogens is 240 g/mol. The molecule has 1 aliphatic rings. The van der Waals surface area contributed by atoms with Gasteiger partial charge < -0.3 is 10.2 Å². The van der Waals surface area contributed by atoms with E-state index in [2.05, 4.69) is 23.2 Å². The molecule has 2 nitrogen and oxygen atoms in total. The molecule has 0 saturated carbocycles. The van der Waals surface area contributed by atoms with Crippen molar-refractivity contribution in [3.63, 3.8) is 0 Å². The Balaban J connectivity index is 1.77. The van der Waals surface area contributed by atoms with Gasteiger partial charge >= 0.3 is 0 Å². The molecule has 90 valence electrons. The van der Waals surface area contributed by atoms with E-state index in [0.717, 1.165) is 10.9 Å². The van der Waals surface area contributed by atoms with Crippen LogP contribution in [0.3, 0.4) is 0 Å². The first kappa shape index (κ1) is 12.4. The van der Waals surface area contributed by atoms with Crippen molar-refractivity contribution in [1.82, 2.24) is 10.2 Å². The molecule has 0 spiro atoms. The maximum absolute atomic E-state index is 5.91. The first-order valence-corrected chi connectivity index (χ1v) is 7.17. The highest BCUT2D eigenvalue weighted by molar-refractivity contribution is 7.16. The summed E-state index contributed by atoms with van der Waals surface area (Å²) in [6.45, 7) is 6.82. The minimum absolute atomic E-state index is 0.648. The number of nitrogens with one attached hydrogen (secondary N) is 1. The van der Waals surface area contributed by atoms with Crippen molar-refractivity contribution in [2.45, 2.75) is 32.4 Å². The summed E-state index contributed by atoms with van der Waals surface area (Å²) in [7, 11) is 0. The number of nitrogens with zero attached hydrogens (tertiary/aromatic N) is 1. The molecule has 1 aromatic heterocycles. The fourth-order valence-corrected chi connectivity index (χ4v) is 3.24. The smallest absolute Gasteiger partial charge is 0.0931 e. The molecule has 1 N–H and O–H groups in total. The lowest BCUT2D eigenvalue weighted by molar-refractivity contribution is 0.198. The molecule has 1 unspecified atom stereocenters. The van der Waals surface area contributed by atoms with E-state index in [4.69, 9.17) is 11.6 Å². The van der Waals surface area contributed by atoms with Crippen molar-refractivity contribution >= 4 is 22.9 Å². The molecule has 0 amide bonds. The van der Waals surface area contributed by atoms with Crippen LogP contribution in [0.1, 0.15) is 24.6 Å². The quantitative estimate of drug-likeness (QED) is 0.893. The highest BCUT2D eigenvalue weighted by Crippen LogP contribution is 2.21. The number of rotatable bonds is 4. The van der Waals surface area contributed by atoms with Gasteiger partial charge in [0.15, 0.2) is 0 Å². The number of thiophene rings is 1. The Hall–Kier alpha value is -0.0900. The lowest BCUT2D eigenvalue weighted by Crippen LogP contribution is -2.45. The zero-order valence-electron chi connectivity index (χ0n) is 9.71. The normalized spacial score (nSPS) is 22.5. The average Bonchev–Trinajstić information content (AvgIpc) is 2.73. The van der Waals surface area contributed by atoms with Crippen LogP contribution in [-0.4, -0.2) is 30.6 Å². The third-order valence-electron chi connectivity index (χ3n) is 3.15. The lowest BCUT2D eigenvalue weighted by Gasteiger charge is -2.32. The van der Waals surface area contributed by atoms with Gasteiger partial charge in [0.2, 0.25) is 0 Å². The predicted octanol–water partition coefficient (Wildman–Crippen LogP) is 2.98. The number of halogens is 1. The van der Waals surface area contributed by atoms with Crippen LogP contribution in [0.4, 0.5) is 0 Å². The number of likely N-dealkylation sites (tertiary alicyclic amines) is 1. The van der Waals surface area contributed by atoms with Gasteiger partial charge in [-0.3, -0.25) is 0 Å². The van der Waals surface area contributed by atoms with Crippen LogP contribution in [0, 0.1) is 0 Å². The maximum atomic E-state index is 5.91. The van der Waals surface area contributed by atoms with Crippen LogP contribution in [0.15, 0.2) is 12.1 Å². The maximum Gasteiger partial charge on any atom is 0.0931 e. The first-order chi connectivity index (χ1) is 7.78. The number of hydrogen-bond donors (Lipinski definition) is 1. The molecule has 0 radical (unpaired) electrons. The SMILES string of the molecule is CCN1CCCC(NCc2ccc(Cl)s2)C1. The van der Waals surface area contributed by atoms with Crippen LogP contribution < -0.4 is 5.32 Å². The van der Waals surface area contributed by atoms with Gasteiger partial charge in [-0.1, -0.05) is 18.5 Å². The van der Waals surface area contributed by atoms with Crippen molar-refractivity contribution in [3.05, 3.63) is 21.3 Å². The number of piperidine rings is 1. The second kappa shape index (κ2) is 6.01. The van der Waals surface area contributed by atoms with E-state index in [1.807, 2.05) is 6.07 Å². The summed E-state index contributed by atoms with van der Waals surface area (Å²) >= 11 is 7.58. The Morgan fingerprint density at radius 2 is 2.44 bits per heavy atom. The van der Waals surface area contributed by atoms with Gasteiger partial charge in [0.25, 0.3) is 0 Å². The van der Waals surface area contributed by atoms with E-state index in [0.29, 0.717) is 6.04 Å². The number of hydrogen-bond acceptors (Lipinski definition) is 3. The molecule has 0 aromatic carbocycles. The highest BCUT2D eigenvalue weighted by Gasteiger charge is 2.17. The number of likely N-dealkylation sites (N-methyl/N-ethyl adjacent to an activating group) is 1. The van der Waals surface area contributed by atoms with E-state index in [9.17, 15) is 0 Å². The van der Waals surface area contributed by atoms with Crippen LogP contribution >= 0.6 is 22.9 Å². The van der Waals surface area contributed by atoms with E-state index in [1.165, 1.54) is 37.4 Å². The summed E-state index contributed by atoms with van der Waals surface area (Å²) in [6.07, 6.45) is 2.62. The Bertz CT molecular complexity index is 327. The Morgan fingerprint density at radius 1 is 1.56 bits per heavy atom. The van der Waals surface area contributed by atoms with Crippen molar-refractivity contribution in [2.24, 2.45) is 0 Å². The third kappa shape index (κ3) is 3.45. The largest absolute Gasteiger partial charge is 0.308 e. The molecule has 0 bridgehead atoms. The second-order valence-electron chi connectivity index (χ2n) is 4.32. The lowest BCUT2D eigenvalue weighted by atomic mass is 10.1. The topological polar surface area (TPSA) is 15.3 Å². The Morgan fingerprint density at radius 3 is 3.12 bits per heavy atom. The van der Waals surface area contributed by atoms with Crippen molar-refractivity contribution in [3.8, 4) is 0 Å². The molecule has 4 heteroatoms. The van der Waals surface area contributed by atoms with Crippen molar-refractivity contribution < 1.29 is 0 Å². The van der Waals surface area contributed by atoms with Gasteiger partial charge in [-0.25, -0.2) is 0 Å². The summed E-state index contributed by atoms with van der Waals surface area (Å²) in [4.78, 5) is 3.85. The molecule has 0 aliphatic carbocycles. The van der Waals surface area contributed by atoms with Gasteiger partial charge in [-0.15, -0.1) is 11.3 Å². The summed E-state index contributed by atoms with van der Waals surface area (Å²) in [5, 5.41) is 3.63. The average molecular weight is 259 g/mol. The minimum Gasteiger partial charge on any atom is -0.308 e. The Kier molecular flexibility index (Phi) is 4.65. The van der Waals surface area contributed by atoms with Gasteiger partial charge in [-0.05, 0) is 38.1 Å². The molecule has 1 saturated heterocycles. The molecule has 1 atom stereocenters. The first-order valence-electron chi connectivity index (χ1n) is 5.98. The van der Waals surface area contributed by atoms with E-state index in [-0.39, 0.29) is 0 Å². The highest BCUT2D eigenvalue weighted by atomic mass is 35.5. The van der Waals surface area contributed by atoms with E-state index < -0.39 is 0 Å². The zero-order valence-corrected chi connectivity index (χ0v) is 11.3. The molecule has 2 rings (SSSR count). The van der Waals surface area contributed by atoms with Crippen LogP contribution in [0.2, 0.25) is 4.34 Å². The van der Waals surface area contributed by atoms with Crippen molar-refractivity contribution in [2.75, 3.05) is 19.6 Å².